The lowest BCUT2D eigenvalue weighted by Gasteiger charge is -2.03. The molecule has 0 atom stereocenters. The molecule has 114 valence electrons. The Labute approximate surface area is 128 Å². The quantitative estimate of drug-likeness (QED) is 0.806. The third-order valence-electron chi connectivity index (χ3n) is 2.92. The molecule has 6 heteroatoms. The van der Waals surface area contributed by atoms with E-state index in [1.807, 2.05) is 0 Å². The molecule has 0 radical (unpaired) electrons. The molecule has 0 saturated heterocycles. The Bertz CT molecular complexity index is 842. The van der Waals surface area contributed by atoms with Gasteiger partial charge in [-0.15, -0.1) is 0 Å². The van der Waals surface area contributed by atoms with Crippen molar-refractivity contribution in [1.82, 2.24) is 0 Å². The first-order valence-electron chi connectivity index (χ1n) is 6.58. The number of hydrogen-bond donors (Lipinski definition) is 0. The van der Waals surface area contributed by atoms with E-state index in [0.717, 1.165) is 12.1 Å². The standard InChI is InChI=1S/C16H14O5S/c1-2-21-16(18)14-11-13(9-6-10-15(14)17)22(19,20)12-7-4-3-5-8-12/h3-11H,2H2,1H3. The number of esters is 1. The molecule has 0 bridgehead atoms. The van der Waals surface area contributed by atoms with E-state index in [1.165, 1.54) is 24.3 Å². The van der Waals surface area contributed by atoms with Crippen LogP contribution < -0.4 is 5.43 Å². The van der Waals surface area contributed by atoms with Crippen molar-refractivity contribution in [2.45, 2.75) is 16.7 Å². The predicted molar refractivity (Wildman–Crippen MR) is 80.6 cm³/mol. The molecule has 0 aromatic heterocycles. The molecule has 0 heterocycles. The molecule has 2 aromatic carbocycles. The van der Waals surface area contributed by atoms with Crippen molar-refractivity contribution in [1.29, 1.82) is 0 Å². The number of carbonyl (C=O) groups is 1. The topological polar surface area (TPSA) is 77.5 Å². The van der Waals surface area contributed by atoms with Crippen LogP contribution in [0.2, 0.25) is 0 Å². The van der Waals surface area contributed by atoms with Crippen molar-refractivity contribution in [2.75, 3.05) is 6.61 Å². The highest BCUT2D eigenvalue weighted by Gasteiger charge is 2.20. The minimum absolute atomic E-state index is 0.0865. The first kappa shape index (κ1) is 15.9. The van der Waals surface area contributed by atoms with E-state index in [4.69, 9.17) is 4.74 Å². The second kappa shape index (κ2) is 6.53. The molecule has 0 aliphatic carbocycles. The summed E-state index contributed by atoms with van der Waals surface area (Å²) in [5.74, 6) is -0.840. The summed E-state index contributed by atoms with van der Waals surface area (Å²) >= 11 is 0. The molecule has 22 heavy (non-hydrogen) atoms. The summed E-state index contributed by atoms with van der Waals surface area (Å²) in [5, 5.41) is 0. The van der Waals surface area contributed by atoms with Gasteiger partial charge in [-0.1, -0.05) is 24.3 Å². The van der Waals surface area contributed by atoms with E-state index < -0.39 is 21.2 Å². The van der Waals surface area contributed by atoms with Gasteiger partial charge in [-0.25, -0.2) is 13.2 Å². The maximum absolute atomic E-state index is 12.6. The van der Waals surface area contributed by atoms with E-state index in [0.29, 0.717) is 0 Å². The van der Waals surface area contributed by atoms with Gasteiger partial charge in [0.2, 0.25) is 9.84 Å². The molecule has 0 aliphatic rings. The van der Waals surface area contributed by atoms with Crippen LogP contribution in [0.4, 0.5) is 0 Å². The Morgan fingerprint density at radius 1 is 1.00 bits per heavy atom. The second-order valence-electron chi connectivity index (χ2n) is 4.39. The van der Waals surface area contributed by atoms with E-state index in [-0.39, 0.29) is 22.0 Å². The van der Waals surface area contributed by atoms with Crippen molar-refractivity contribution in [2.24, 2.45) is 0 Å². The summed E-state index contributed by atoms with van der Waals surface area (Å²) in [4.78, 5) is 23.6. The van der Waals surface area contributed by atoms with Gasteiger partial charge in [0.05, 0.1) is 16.4 Å². The molecular formula is C16H14O5S. The lowest BCUT2D eigenvalue weighted by molar-refractivity contribution is 0.0525. The fourth-order valence-electron chi connectivity index (χ4n) is 1.85. The number of carbonyl (C=O) groups excluding carboxylic acids is 1. The number of sulfone groups is 1. The smallest absolute Gasteiger partial charge is 0.342 e. The Morgan fingerprint density at radius 3 is 2.27 bits per heavy atom. The summed E-state index contributed by atoms with van der Waals surface area (Å²) in [5.41, 5.74) is -0.894. The molecule has 0 amide bonds. The van der Waals surface area contributed by atoms with Crippen LogP contribution in [-0.4, -0.2) is 21.0 Å². The van der Waals surface area contributed by atoms with Gasteiger partial charge in [-0.05, 0) is 37.3 Å². The van der Waals surface area contributed by atoms with Crippen LogP contribution in [0.15, 0.2) is 69.2 Å². The highest BCUT2D eigenvalue weighted by molar-refractivity contribution is 7.91. The molecule has 2 aromatic rings. The summed E-state index contributed by atoms with van der Waals surface area (Å²) in [6.07, 6.45) is 0. The van der Waals surface area contributed by atoms with Gasteiger partial charge in [0.25, 0.3) is 0 Å². The summed E-state index contributed by atoms with van der Waals surface area (Å²) in [6, 6.07) is 12.6. The average Bonchev–Trinajstić information content (AvgIpc) is 2.70. The fourth-order valence-corrected chi connectivity index (χ4v) is 3.17. The summed E-state index contributed by atoms with van der Waals surface area (Å²) in [7, 11) is -3.82. The molecule has 0 saturated carbocycles. The van der Waals surface area contributed by atoms with Crippen LogP contribution in [0.1, 0.15) is 17.3 Å². The van der Waals surface area contributed by atoms with Gasteiger partial charge < -0.3 is 4.74 Å². The van der Waals surface area contributed by atoms with E-state index >= 15 is 0 Å². The third-order valence-corrected chi connectivity index (χ3v) is 4.69. The summed E-state index contributed by atoms with van der Waals surface area (Å²) < 4.78 is 29.9. The molecule has 5 nitrogen and oxygen atoms in total. The SMILES string of the molecule is CCOC(=O)c1cc(S(=O)(=O)c2ccccc2)cccc1=O. The van der Waals surface area contributed by atoms with Gasteiger partial charge in [-0.2, -0.15) is 0 Å². The van der Waals surface area contributed by atoms with Crippen LogP contribution in [0, 0.1) is 0 Å². The Hall–Kier alpha value is -2.47. The van der Waals surface area contributed by atoms with Gasteiger partial charge in [0.1, 0.15) is 5.56 Å². The lowest BCUT2D eigenvalue weighted by Crippen LogP contribution is -2.15. The molecule has 0 aliphatic heterocycles. The van der Waals surface area contributed by atoms with Gasteiger partial charge >= 0.3 is 5.97 Å². The van der Waals surface area contributed by atoms with E-state index in [1.54, 1.807) is 25.1 Å². The van der Waals surface area contributed by atoms with Gasteiger partial charge in [0.15, 0.2) is 5.43 Å². The number of hydrogen-bond acceptors (Lipinski definition) is 5. The highest BCUT2D eigenvalue weighted by atomic mass is 32.2. The van der Waals surface area contributed by atoms with Crippen LogP contribution in [0.3, 0.4) is 0 Å². The van der Waals surface area contributed by atoms with Crippen LogP contribution in [0.25, 0.3) is 0 Å². The first-order chi connectivity index (χ1) is 10.5. The van der Waals surface area contributed by atoms with E-state index in [2.05, 4.69) is 0 Å². The first-order valence-corrected chi connectivity index (χ1v) is 8.06. The van der Waals surface area contributed by atoms with Crippen LogP contribution in [-0.2, 0) is 14.6 Å². The Balaban J connectivity index is 2.63. The van der Waals surface area contributed by atoms with Gasteiger partial charge in [-0.3, -0.25) is 4.79 Å². The normalized spacial score (nSPS) is 11.0. The average molecular weight is 318 g/mol. The Kier molecular flexibility index (Phi) is 4.72. The molecule has 0 spiro atoms. The van der Waals surface area contributed by atoms with Crippen molar-refractivity contribution in [3.8, 4) is 0 Å². The van der Waals surface area contributed by atoms with Crippen molar-refractivity contribution in [3.63, 3.8) is 0 Å². The zero-order valence-electron chi connectivity index (χ0n) is 11.9. The number of rotatable bonds is 4. The third kappa shape index (κ3) is 3.23. The van der Waals surface area contributed by atoms with E-state index in [9.17, 15) is 18.0 Å². The lowest BCUT2D eigenvalue weighted by atomic mass is 10.3. The predicted octanol–water partition coefficient (Wildman–Crippen LogP) is 2.06. The van der Waals surface area contributed by atoms with Crippen molar-refractivity contribution < 1.29 is 17.9 Å². The maximum Gasteiger partial charge on any atom is 0.342 e. The summed E-state index contributed by atoms with van der Waals surface area (Å²) in [6.45, 7) is 1.70. The van der Waals surface area contributed by atoms with Crippen molar-refractivity contribution in [3.05, 3.63) is 70.4 Å². The van der Waals surface area contributed by atoms with Crippen LogP contribution in [0.5, 0.6) is 0 Å². The monoisotopic (exact) mass is 318 g/mol. The maximum atomic E-state index is 12.6. The van der Waals surface area contributed by atoms with Crippen molar-refractivity contribution >= 4 is 15.8 Å². The van der Waals surface area contributed by atoms with Crippen LogP contribution >= 0.6 is 0 Å². The van der Waals surface area contributed by atoms with Gasteiger partial charge in [0, 0.05) is 0 Å². The molecule has 0 fully saturated rings. The molecule has 0 N–H and O–H groups in total. The number of ether oxygens (including phenoxy) is 1. The zero-order valence-corrected chi connectivity index (χ0v) is 12.7. The Morgan fingerprint density at radius 2 is 1.64 bits per heavy atom. The highest BCUT2D eigenvalue weighted by Crippen LogP contribution is 2.20. The minimum atomic E-state index is -3.82. The zero-order chi connectivity index (χ0) is 16.2. The molecule has 2 rings (SSSR count). The molecule has 0 unspecified atom stereocenters. The minimum Gasteiger partial charge on any atom is -0.462 e. The molecular weight excluding hydrogens is 304 g/mol. The second-order valence-corrected chi connectivity index (χ2v) is 6.34. The largest absolute Gasteiger partial charge is 0.462 e. The fraction of sp³-hybridized carbons (Fsp3) is 0.125. The number of benzene rings is 1.